The number of amides is 1. The van der Waals surface area contributed by atoms with Crippen LogP contribution < -0.4 is 9.64 Å². The molecule has 0 aliphatic heterocycles. The van der Waals surface area contributed by atoms with Gasteiger partial charge in [0.25, 0.3) is 5.91 Å². The van der Waals surface area contributed by atoms with Crippen molar-refractivity contribution >= 4 is 23.3 Å². The first-order chi connectivity index (χ1) is 13.4. The summed E-state index contributed by atoms with van der Waals surface area (Å²) in [4.78, 5) is 19.2. The predicted molar refractivity (Wildman–Crippen MR) is 113 cm³/mol. The summed E-state index contributed by atoms with van der Waals surface area (Å²) in [5.41, 5.74) is 3.11. The molecule has 0 aliphatic rings. The second-order valence-corrected chi connectivity index (χ2v) is 7.18. The van der Waals surface area contributed by atoms with Gasteiger partial charge in [-0.25, -0.2) is 4.98 Å². The fourth-order valence-electron chi connectivity index (χ4n) is 2.83. The summed E-state index contributed by atoms with van der Waals surface area (Å²) in [7, 11) is 0. The minimum absolute atomic E-state index is 0.160. The highest BCUT2D eigenvalue weighted by Crippen LogP contribution is 2.23. The molecule has 28 heavy (non-hydrogen) atoms. The largest absolute Gasteiger partial charge is 0.481 e. The Hall–Kier alpha value is -2.85. The minimum Gasteiger partial charge on any atom is -0.481 e. The lowest BCUT2D eigenvalue weighted by Crippen LogP contribution is -2.40. The maximum Gasteiger partial charge on any atom is 0.269 e. The van der Waals surface area contributed by atoms with Crippen molar-refractivity contribution in [1.82, 2.24) is 4.98 Å². The van der Waals surface area contributed by atoms with E-state index < -0.39 is 6.10 Å². The molecule has 3 aromatic rings. The summed E-state index contributed by atoms with van der Waals surface area (Å²) in [5, 5.41) is 0.667. The first-order valence-electron chi connectivity index (χ1n) is 9.15. The number of halogens is 1. The van der Waals surface area contributed by atoms with Gasteiger partial charge in [0.2, 0.25) is 0 Å². The molecular weight excluding hydrogens is 372 g/mol. The summed E-state index contributed by atoms with van der Waals surface area (Å²) < 4.78 is 5.89. The number of anilines is 1. The van der Waals surface area contributed by atoms with Crippen molar-refractivity contribution in [2.75, 3.05) is 4.90 Å². The molecule has 1 atom stereocenters. The van der Waals surface area contributed by atoms with Gasteiger partial charge in [-0.2, -0.15) is 0 Å². The molecule has 0 saturated heterocycles. The molecule has 0 aliphatic carbocycles. The van der Waals surface area contributed by atoms with Crippen molar-refractivity contribution in [3.8, 4) is 5.75 Å². The average molecular weight is 395 g/mol. The number of ether oxygens (including phenoxy) is 1. The van der Waals surface area contributed by atoms with Crippen LogP contribution in [-0.4, -0.2) is 17.0 Å². The molecule has 1 aromatic heterocycles. The van der Waals surface area contributed by atoms with Crippen molar-refractivity contribution in [1.29, 1.82) is 0 Å². The van der Waals surface area contributed by atoms with Crippen LogP contribution in [0.15, 0.2) is 66.9 Å². The van der Waals surface area contributed by atoms with Crippen LogP contribution in [-0.2, 0) is 11.3 Å². The van der Waals surface area contributed by atoms with Gasteiger partial charge in [0.05, 0.1) is 6.54 Å². The van der Waals surface area contributed by atoms with Crippen molar-refractivity contribution in [2.45, 2.75) is 33.4 Å². The van der Waals surface area contributed by atoms with Crippen molar-refractivity contribution in [3.05, 3.63) is 88.6 Å². The van der Waals surface area contributed by atoms with Crippen molar-refractivity contribution in [2.24, 2.45) is 0 Å². The van der Waals surface area contributed by atoms with E-state index in [0.717, 1.165) is 11.1 Å². The van der Waals surface area contributed by atoms with E-state index in [1.165, 1.54) is 5.56 Å². The van der Waals surface area contributed by atoms with E-state index in [4.69, 9.17) is 16.3 Å². The molecular formula is C23H23ClN2O2. The number of carbonyl (C=O) groups is 1. The number of hydrogen-bond donors (Lipinski definition) is 0. The van der Waals surface area contributed by atoms with E-state index in [-0.39, 0.29) is 5.91 Å². The molecule has 1 amide bonds. The van der Waals surface area contributed by atoms with Crippen LogP contribution in [0.5, 0.6) is 5.75 Å². The second-order valence-electron chi connectivity index (χ2n) is 6.77. The molecule has 0 unspecified atom stereocenters. The summed E-state index contributed by atoms with van der Waals surface area (Å²) in [6, 6.07) is 19.0. The van der Waals surface area contributed by atoms with Gasteiger partial charge in [-0.05, 0) is 62.2 Å². The first-order valence-corrected chi connectivity index (χ1v) is 9.52. The topological polar surface area (TPSA) is 42.4 Å². The molecule has 0 N–H and O–H groups in total. The van der Waals surface area contributed by atoms with E-state index in [0.29, 0.717) is 23.1 Å². The monoisotopic (exact) mass is 394 g/mol. The van der Waals surface area contributed by atoms with Gasteiger partial charge in [-0.15, -0.1) is 0 Å². The Morgan fingerprint density at radius 1 is 1.11 bits per heavy atom. The highest BCUT2D eigenvalue weighted by Gasteiger charge is 2.24. The van der Waals surface area contributed by atoms with E-state index in [1.807, 2.05) is 62.4 Å². The summed E-state index contributed by atoms with van der Waals surface area (Å²) in [6.45, 7) is 6.11. The highest BCUT2D eigenvalue weighted by atomic mass is 35.5. The molecule has 0 saturated carbocycles. The lowest BCUT2D eigenvalue weighted by Gasteiger charge is -2.25. The van der Waals surface area contributed by atoms with E-state index in [9.17, 15) is 4.79 Å². The number of nitrogens with zero attached hydrogens (tertiary/aromatic N) is 2. The molecule has 5 heteroatoms. The van der Waals surface area contributed by atoms with Gasteiger partial charge in [0.1, 0.15) is 11.6 Å². The number of aromatic nitrogens is 1. The number of carbonyl (C=O) groups excluding carboxylic acids is 1. The molecule has 4 nitrogen and oxygen atoms in total. The Labute approximate surface area is 170 Å². The predicted octanol–water partition coefficient (Wildman–Crippen LogP) is 5.35. The standard InChI is InChI=1S/C23H23ClN2O2/c1-16-7-9-19(10-8-16)15-26(22-6-4-5-13-25-22)23(27)18(3)28-20-11-12-21(24)17(2)14-20/h4-14,18H,15H2,1-3H3/t18-/m1/s1. The smallest absolute Gasteiger partial charge is 0.269 e. The number of pyridine rings is 1. The summed E-state index contributed by atoms with van der Waals surface area (Å²) in [6.07, 6.45) is 1.01. The lowest BCUT2D eigenvalue weighted by molar-refractivity contribution is -0.124. The molecule has 0 bridgehead atoms. The van der Waals surface area contributed by atoms with Crippen LogP contribution in [0.4, 0.5) is 5.82 Å². The van der Waals surface area contributed by atoms with Crippen LogP contribution in [0.3, 0.4) is 0 Å². The zero-order valence-corrected chi connectivity index (χ0v) is 17.0. The molecule has 0 fully saturated rings. The Bertz CT molecular complexity index is 943. The van der Waals surface area contributed by atoms with Gasteiger partial charge < -0.3 is 4.74 Å². The van der Waals surface area contributed by atoms with Gasteiger partial charge in [-0.1, -0.05) is 47.5 Å². The molecule has 1 heterocycles. The van der Waals surface area contributed by atoms with E-state index in [2.05, 4.69) is 4.98 Å². The third-order valence-corrected chi connectivity index (χ3v) is 4.87. The summed E-state index contributed by atoms with van der Waals surface area (Å²) >= 11 is 6.07. The third-order valence-electron chi connectivity index (χ3n) is 4.44. The maximum absolute atomic E-state index is 13.2. The highest BCUT2D eigenvalue weighted by molar-refractivity contribution is 6.31. The Morgan fingerprint density at radius 3 is 2.50 bits per heavy atom. The minimum atomic E-state index is -0.673. The first kappa shape index (κ1) is 19.9. The quantitative estimate of drug-likeness (QED) is 0.565. The molecule has 3 rings (SSSR count). The number of benzene rings is 2. The Balaban J connectivity index is 1.82. The van der Waals surface area contributed by atoms with Crippen LogP contribution in [0.25, 0.3) is 0 Å². The zero-order valence-electron chi connectivity index (χ0n) is 16.2. The number of hydrogen-bond acceptors (Lipinski definition) is 3. The van der Waals surface area contributed by atoms with E-state index in [1.54, 1.807) is 30.2 Å². The SMILES string of the molecule is Cc1ccc(CN(C(=O)[C@@H](C)Oc2ccc(Cl)c(C)c2)c2ccccn2)cc1. The van der Waals surface area contributed by atoms with Crippen LogP contribution in [0.1, 0.15) is 23.6 Å². The fourth-order valence-corrected chi connectivity index (χ4v) is 2.94. The fraction of sp³-hybridized carbons (Fsp3) is 0.217. The molecule has 144 valence electrons. The van der Waals surface area contributed by atoms with Gasteiger partial charge in [-0.3, -0.25) is 9.69 Å². The molecule has 0 radical (unpaired) electrons. The van der Waals surface area contributed by atoms with Crippen LogP contribution in [0.2, 0.25) is 5.02 Å². The van der Waals surface area contributed by atoms with Crippen molar-refractivity contribution in [3.63, 3.8) is 0 Å². The van der Waals surface area contributed by atoms with E-state index >= 15 is 0 Å². The number of rotatable bonds is 6. The molecule has 2 aromatic carbocycles. The maximum atomic E-state index is 13.2. The normalized spacial score (nSPS) is 11.7. The zero-order chi connectivity index (χ0) is 20.1. The van der Waals surface area contributed by atoms with Crippen molar-refractivity contribution < 1.29 is 9.53 Å². The van der Waals surface area contributed by atoms with Gasteiger partial charge in [0, 0.05) is 11.2 Å². The van der Waals surface area contributed by atoms with Crippen LogP contribution in [0, 0.1) is 13.8 Å². The van der Waals surface area contributed by atoms with Gasteiger partial charge >= 0.3 is 0 Å². The van der Waals surface area contributed by atoms with Gasteiger partial charge in [0.15, 0.2) is 6.10 Å². The van der Waals surface area contributed by atoms with Crippen LogP contribution >= 0.6 is 11.6 Å². The molecule has 0 spiro atoms. The summed E-state index contributed by atoms with van der Waals surface area (Å²) in [5.74, 6) is 1.04. The Kier molecular flexibility index (Phi) is 6.32. The number of aryl methyl sites for hydroxylation is 2. The third kappa shape index (κ3) is 4.90. The lowest BCUT2D eigenvalue weighted by atomic mass is 10.1. The second kappa shape index (κ2) is 8.89. The Morgan fingerprint density at radius 2 is 1.86 bits per heavy atom. The average Bonchev–Trinajstić information content (AvgIpc) is 2.70.